The van der Waals surface area contributed by atoms with Gasteiger partial charge in [-0.15, -0.1) is 0 Å². The van der Waals surface area contributed by atoms with Crippen LogP contribution < -0.4 is 0 Å². The summed E-state index contributed by atoms with van der Waals surface area (Å²) in [6, 6.07) is 22.9. The van der Waals surface area contributed by atoms with Crippen molar-refractivity contribution < 1.29 is 35.6 Å². The summed E-state index contributed by atoms with van der Waals surface area (Å²) in [4.78, 5) is 35.2. The molecule has 0 saturated carbocycles. The second-order valence-electron chi connectivity index (χ2n) is 8.56. The fourth-order valence-electron chi connectivity index (χ4n) is 4.60. The predicted molar refractivity (Wildman–Crippen MR) is 148 cm³/mol. The Bertz CT molecular complexity index is 1510. The van der Waals surface area contributed by atoms with Gasteiger partial charge in [-0.25, -0.2) is 19.6 Å². The zero-order valence-corrected chi connectivity index (χ0v) is 22.8. The average molecular weight is 550 g/mol. The Hall–Kier alpha value is -4.09. The van der Waals surface area contributed by atoms with Crippen LogP contribution >= 0.6 is 0 Å². The molecular formula is C31H27N2NiO4+. The van der Waals surface area contributed by atoms with E-state index in [9.17, 15) is 9.59 Å². The van der Waals surface area contributed by atoms with Crippen molar-refractivity contribution in [2.24, 2.45) is 9.98 Å². The van der Waals surface area contributed by atoms with Crippen molar-refractivity contribution in [1.29, 1.82) is 0 Å². The van der Waals surface area contributed by atoms with E-state index in [2.05, 4.69) is 0 Å². The number of aliphatic imine (C=N–C) groups is 2. The molecule has 0 amide bonds. The third-order valence-corrected chi connectivity index (χ3v) is 6.37. The Kier molecular flexibility index (Phi) is 8.64. The van der Waals surface area contributed by atoms with Gasteiger partial charge in [-0.1, -0.05) is 60.7 Å². The summed E-state index contributed by atoms with van der Waals surface area (Å²) in [6.45, 7) is 3.81. The normalized spacial score (nSPS) is 13.7. The van der Waals surface area contributed by atoms with Crippen molar-refractivity contribution >= 4 is 45.5 Å². The third-order valence-electron chi connectivity index (χ3n) is 6.37. The van der Waals surface area contributed by atoms with Gasteiger partial charge in [0.15, 0.2) is 0 Å². The van der Waals surface area contributed by atoms with Gasteiger partial charge in [-0.3, -0.25) is 0 Å². The molecule has 0 N–H and O–H groups in total. The smallest absolute Gasteiger partial charge is 0.465 e. The minimum atomic E-state index is -0.461. The first-order valence-corrected chi connectivity index (χ1v) is 11.5. The Morgan fingerprint density at radius 3 is 1.42 bits per heavy atom. The van der Waals surface area contributed by atoms with Gasteiger partial charge in [-0.2, -0.15) is 0 Å². The molecule has 0 heterocycles. The van der Waals surface area contributed by atoms with Crippen LogP contribution in [0.3, 0.4) is 0 Å². The maximum absolute atomic E-state index is 12.6. The summed E-state index contributed by atoms with van der Waals surface area (Å²) < 4.78 is 10.0. The molecule has 0 radical (unpaired) electrons. The fraction of sp³-hybridized carbons (Fsp3) is 0.129. The van der Waals surface area contributed by atoms with Crippen LogP contribution in [0.15, 0.2) is 82.8 Å². The van der Waals surface area contributed by atoms with Crippen molar-refractivity contribution in [3.63, 3.8) is 0 Å². The van der Waals surface area contributed by atoms with Crippen molar-refractivity contribution in [2.75, 3.05) is 14.2 Å². The number of carbonyl (C=O) groups excluding carboxylic acids is 2. The number of carbonyl (C=O) groups is 2. The summed E-state index contributed by atoms with van der Waals surface area (Å²) in [7, 11) is 2.71. The zero-order valence-electron chi connectivity index (χ0n) is 21.8. The third kappa shape index (κ3) is 4.78. The minimum absolute atomic E-state index is 0. The molecule has 0 aromatic heterocycles. The van der Waals surface area contributed by atoms with Crippen LogP contribution in [-0.2, 0) is 26.0 Å². The number of rotatable bonds is 4. The molecule has 0 fully saturated rings. The Morgan fingerprint density at radius 1 is 0.632 bits per heavy atom. The van der Waals surface area contributed by atoms with Crippen LogP contribution in [-0.4, -0.2) is 37.6 Å². The van der Waals surface area contributed by atoms with Gasteiger partial charge < -0.3 is 16.9 Å². The fourth-order valence-corrected chi connectivity index (χ4v) is 4.60. The number of nitrogens with zero attached hydrogens (tertiary/aromatic N) is 2. The van der Waals surface area contributed by atoms with E-state index in [1.54, 1.807) is 24.3 Å². The largest absolute Gasteiger partial charge is 2.00 e. The maximum Gasteiger partial charge on any atom is 2.00 e. The van der Waals surface area contributed by atoms with E-state index in [0.29, 0.717) is 33.9 Å². The van der Waals surface area contributed by atoms with Crippen molar-refractivity contribution in [1.82, 2.24) is 0 Å². The number of ether oxygens (including phenoxy) is 2. The van der Waals surface area contributed by atoms with Crippen LogP contribution in [0, 0.1) is 21.3 Å². The number of esters is 2. The van der Waals surface area contributed by atoms with Crippen molar-refractivity contribution in [2.45, 2.75) is 13.8 Å². The summed E-state index contributed by atoms with van der Waals surface area (Å²) >= 11 is 0. The monoisotopic (exact) mass is 549 g/mol. The van der Waals surface area contributed by atoms with Gasteiger partial charge >= 0.3 is 28.4 Å². The van der Waals surface area contributed by atoms with E-state index in [0.717, 1.165) is 33.0 Å². The molecule has 0 saturated heterocycles. The molecule has 6 nitrogen and oxygen atoms in total. The molecule has 38 heavy (non-hydrogen) atoms. The molecule has 0 aliphatic heterocycles. The number of hydrogen-bond donors (Lipinski definition) is 0. The van der Waals surface area contributed by atoms with Gasteiger partial charge in [0.05, 0.1) is 48.1 Å². The van der Waals surface area contributed by atoms with E-state index in [1.807, 2.05) is 62.4 Å². The van der Waals surface area contributed by atoms with E-state index in [1.165, 1.54) is 14.2 Å². The molecule has 194 valence electrons. The summed E-state index contributed by atoms with van der Waals surface area (Å²) in [5.41, 5.74) is 6.53. The topological polar surface area (TPSA) is 77.3 Å². The summed E-state index contributed by atoms with van der Waals surface area (Å²) in [5.74, 6) is -0.922. The van der Waals surface area contributed by atoms with Crippen LogP contribution in [0.5, 0.6) is 0 Å². The second-order valence-corrected chi connectivity index (χ2v) is 8.56. The molecule has 0 unspecified atom stereocenters. The van der Waals surface area contributed by atoms with Crippen LogP contribution in [0.4, 0.5) is 11.4 Å². The van der Waals surface area contributed by atoms with E-state index < -0.39 is 11.9 Å². The van der Waals surface area contributed by atoms with Crippen molar-refractivity contribution in [3.05, 3.63) is 114 Å². The van der Waals surface area contributed by atoms with Gasteiger partial charge in [0.2, 0.25) is 0 Å². The number of benzene rings is 4. The van der Waals surface area contributed by atoms with Crippen LogP contribution in [0.2, 0.25) is 0 Å². The molecule has 5 rings (SSSR count). The minimum Gasteiger partial charge on any atom is -0.465 e. The number of para-hydroxylation sites is 2. The van der Waals surface area contributed by atoms with Crippen LogP contribution in [0.25, 0.3) is 10.8 Å². The zero-order chi connectivity index (χ0) is 25.4. The average Bonchev–Trinajstić information content (AvgIpc) is 3.19. The molecule has 0 bridgehead atoms. The first-order chi connectivity index (χ1) is 17.4. The molecule has 1 aliphatic carbocycles. The van der Waals surface area contributed by atoms with E-state index >= 15 is 0 Å². The molecule has 4 aromatic carbocycles. The predicted octanol–water partition coefficient (Wildman–Crippen LogP) is 6.73. The first kappa shape index (κ1) is 28.5. The van der Waals surface area contributed by atoms with E-state index in [4.69, 9.17) is 19.5 Å². The summed E-state index contributed by atoms with van der Waals surface area (Å²) in [6.07, 6.45) is 0. The molecule has 0 spiro atoms. The number of aryl methyl sites for hydroxylation is 2. The molecule has 0 atom stereocenters. The molecular weight excluding hydrogens is 523 g/mol. The van der Waals surface area contributed by atoms with Crippen LogP contribution in [0.1, 0.15) is 43.0 Å². The van der Waals surface area contributed by atoms with Gasteiger partial charge in [0, 0.05) is 16.5 Å². The first-order valence-electron chi connectivity index (χ1n) is 11.5. The Morgan fingerprint density at radius 2 is 1.03 bits per heavy atom. The standard InChI is InChI=1S/C30H24N2O4.CH3.Ni/c1-17-9-5-15-22(29(33)35-3)25(17)31-27-20-13-7-11-19-12-8-14-21(24(19)20)28(27)32-26-18(2)10-6-16-23(26)30(34)36-4;;/h5-16H,1-4H3;1H3;/q;-1;+2. The molecule has 7 heteroatoms. The van der Waals surface area contributed by atoms with E-state index in [-0.39, 0.29) is 23.9 Å². The molecule has 4 aromatic rings. The number of methoxy groups -OCH3 is 2. The maximum atomic E-state index is 12.6. The quantitative estimate of drug-likeness (QED) is 0.160. The SMILES string of the molecule is COC(=O)c1cccc(C)c1N=C1C(=Nc2c(C)cccc2C(=O)OC)c2cccc3cccc1c23.[CH3-].[Ni+2]. The van der Waals surface area contributed by atoms with Gasteiger partial charge in [-0.05, 0) is 42.5 Å². The second kappa shape index (κ2) is 11.5. The van der Waals surface area contributed by atoms with Crippen molar-refractivity contribution in [3.8, 4) is 0 Å². The van der Waals surface area contributed by atoms with Gasteiger partial charge in [0.25, 0.3) is 0 Å². The molecule has 1 aliphatic rings. The van der Waals surface area contributed by atoms with Gasteiger partial charge in [0.1, 0.15) is 0 Å². The summed E-state index contributed by atoms with van der Waals surface area (Å²) in [5, 5.41) is 2.08. The Balaban J connectivity index is 0.00000200. The number of hydrogen-bond acceptors (Lipinski definition) is 6. The Labute approximate surface area is 232 Å².